The summed E-state index contributed by atoms with van der Waals surface area (Å²) in [4.78, 5) is 5.05. The summed E-state index contributed by atoms with van der Waals surface area (Å²) in [6.45, 7) is 2.15. The van der Waals surface area contributed by atoms with Gasteiger partial charge in [0.1, 0.15) is 0 Å². The summed E-state index contributed by atoms with van der Waals surface area (Å²) in [5.74, 6) is 0. The Bertz CT molecular complexity index is 607. The number of pyridine rings is 1. The Kier molecular flexibility index (Phi) is 4.14. The molecule has 20 heavy (non-hydrogen) atoms. The van der Waals surface area contributed by atoms with Gasteiger partial charge in [0.05, 0.1) is 15.8 Å². The van der Waals surface area contributed by atoms with Crippen LogP contribution in [0.3, 0.4) is 0 Å². The molecule has 0 saturated heterocycles. The van der Waals surface area contributed by atoms with Crippen LogP contribution in [0.5, 0.6) is 0 Å². The fourth-order valence-electron chi connectivity index (χ4n) is 3.03. The minimum Gasteiger partial charge on any atom is -0.251 e. The van der Waals surface area contributed by atoms with Gasteiger partial charge >= 0.3 is 0 Å². The van der Waals surface area contributed by atoms with Crippen molar-refractivity contribution in [3.05, 3.63) is 41.6 Å². The Labute approximate surface area is 126 Å². The van der Waals surface area contributed by atoms with Gasteiger partial charge < -0.3 is 0 Å². The number of benzene rings is 1. The van der Waals surface area contributed by atoms with Crippen LogP contribution in [0.15, 0.2) is 30.3 Å². The van der Waals surface area contributed by atoms with E-state index in [4.69, 9.17) is 4.98 Å². The lowest BCUT2D eigenvalue weighted by molar-refractivity contribution is 1.17. The number of aromatic nitrogens is 1. The van der Waals surface area contributed by atoms with Crippen molar-refractivity contribution in [2.24, 2.45) is 0 Å². The van der Waals surface area contributed by atoms with Crippen LogP contribution in [-0.2, 0) is 0 Å². The maximum Gasteiger partial charge on any atom is 0.0735 e. The lowest BCUT2D eigenvalue weighted by atomic mass is 10.1. The van der Waals surface area contributed by atoms with E-state index in [1.165, 1.54) is 22.2 Å². The first kappa shape index (κ1) is 15.7. The molecule has 2 rings (SSSR count). The predicted octanol–water partition coefficient (Wildman–Crippen LogP) is 4.93. The summed E-state index contributed by atoms with van der Waals surface area (Å²) in [6, 6.07) is 10.9. The van der Waals surface area contributed by atoms with Crippen molar-refractivity contribution in [3.8, 4) is 0 Å². The highest BCUT2D eigenvalue weighted by Gasteiger charge is 2.31. The minimum atomic E-state index is -0.683. The highest BCUT2D eigenvalue weighted by atomic mass is 32.3. The first-order valence-electron chi connectivity index (χ1n) is 6.81. The minimum absolute atomic E-state index is 0.596. The first-order valence-corrected chi connectivity index (χ1v) is 12.7. The molecule has 0 bridgehead atoms. The lowest BCUT2D eigenvalue weighted by Crippen LogP contribution is -2.15. The lowest BCUT2D eigenvalue weighted by Gasteiger charge is -2.47. The van der Waals surface area contributed by atoms with Crippen LogP contribution in [0.4, 0.5) is 0 Å². The van der Waals surface area contributed by atoms with Gasteiger partial charge in [-0.2, -0.15) is 0 Å². The Morgan fingerprint density at radius 3 is 2.00 bits per heavy atom. The van der Waals surface area contributed by atoms with Crippen molar-refractivity contribution in [2.45, 2.75) is 11.5 Å². The summed E-state index contributed by atoms with van der Waals surface area (Å²) in [7, 11) is -1.37. The highest BCUT2D eigenvalue weighted by molar-refractivity contribution is 8.47. The van der Waals surface area contributed by atoms with Crippen LogP contribution < -0.4 is 0 Å². The Balaban J connectivity index is 2.64. The number of rotatable bonds is 3. The quantitative estimate of drug-likeness (QED) is 0.783. The number of fused-ring (bicyclic) bond motifs is 1. The van der Waals surface area contributed by atoms with Crippen LogP contribution in [0, 0.1) is 6.92 Å². The molecule has 1 aromatic carbocycles. The van der Waals surface area contributed by atoms with Crippen LogP contribution in [0.25, 0.3) is 10.9 Å². The van der Waals surface area contributed by atoms with Crippen molar-refractivity contribution in [1.82, 2.24) is 4.98 Å². The van der Waals surface area contributed by atoms with Gasteiger partial charge in [-0.15, -0.1) is 0 Å². The van der Waals surface area contributed by atoms with E-state index in [0.29, 0.717) is 4.58 Å². The zero-order valence-electron chi connectivity index (χ0n) is 13.7. The van der Waals surface area contributed by atoms with Crippen LogP contribution in [0.2, 0.25) is 0 Å². The zero-order valence-corrected chi connectivity index (χ0v) is 15.4. The Hall–Kier alpha value is -0.670. The SMILES string of the molecule is Cc1cccc2ccc(C(S(C)(C)C)S(C)(C)C)nc12. The number of para-hydroxylation sites is 1. The van der Waals surface area contributed by atoms with E-state index in [2.05, 4.69) is 74.8 Å². The number of nitrogens with zero attached hydrogens (tertiary/aromatic N) is 1. The molecule has 112 valence electrons. The summed E-state index contributed by atoms with van der Waals surface area (Å²) in [5, 5.41) is 1.25. The third-order valence-corrected chi connectivity index (χ3v) is 9.99. The molecule has 0 saturated carbocycles. The summed E-state index contributed by atoms with van der Waals surface area (Å²) < 4.78 is 0.596. The third kappa shape index (κ3) is 3.15. The highest BCUT2D eigenvalue weighted by Crippen LogP contribution is 2.68. The van der Waals surface area contributed by atoms with E-state index >= 15 is 0 Å². The third-order valence-electron chi connectivity index (χ3n) is 3.47. The molecular formula is C17H27NS2. The van der Waals surface area contributed by atoms with E-state index < -0.39 is 20.1 Å². The maximum atomic E-state index is 5.05. The molecule has 0 aliphatic heterocycles. The predicted molar refractivity (Wildman–Crippen MR) is 99.9 cm³/mol. The fourth-order valence-corrected chi connectivity index (χ4v) is 11.7. The van der Waals surface area contributed by atoms with Crippen LogP contribution in [-0.4, -0.2) is 42.5 Å². The van der Waals surface area contributed by atoms with Crippen LogP contribution in [0.1, 0.15) is 15.8 Å². The van der Waals surface area contributed by atoms with Gasteiger partial charge in [-0.25, -0.2) is 20.1 Å². The van der Waals surface area contributed by atoms with E-state index in [1.54, 1.807) is 0 Å². The number of hydrogen-bond acceptors (Lipinski definition) is 1. The van der Waals surface area contributed by atoms with E-state index in [9.17, 15) is 0 Å². The van der Waals surface area contributed by atoms with Gasteiger partial charge in [0.15, 0.2) is 0 Å². The van der Waals surface area contributed by atoms with E-state index in [0.717, 1.165) is 0 Å². The molecule has 2 aromatic rings. The monoisotopic (exact) mass is 309 g/mol. The molecule has 0 aliphatic carbocycles. The molecule has 1 aromatic heterocycles. The summed E-state index contributed by atoms with van der Waals surface area (Å²) in [5.41, 5.74) is 3.73. The van der Waals surface area contributed by atoms with Gasteiger partial charge in [-0.1, -0.05) is 24.3 Å². The average molecular weight is 310 g/mol. The molecule has 0 spiro atoms. The van der Waals surface area contributed by atoms with Gasteiger partial charge in [0.25, 0.3) is 0 Å². The van der Waals surface area contributed by atoms with Gasteiger partial charge in [0, 0.05) is 5.39 Å². The molecule has 0 amide bonds. The van der Waals surface area contributed by atoms with Gasteiger partial charge in [-0.05, 0) is 56.1 Å². The van der Waals surface area contributed by atoms with Crippen LogP contribution >= 0.6 is 20.1 Å². The number of hydrogen-bond donors (Lipinski definition) is 0. The molecular weight excluding hydrogens is 282 g/mol. The smallest absolute Gasteiger partial charge is 0.0735 e. The van der Waals surface area contributed by atoms with Crippen molar-refractivity contribution < 1.29 is 0 Å². The standard InChI is InChI=1S/C17H27NS2/c1-13-9-8-10-14-11-12-15(18-16(13)14)17(19(2,3)4)20(5,6)7/h8-12,17H,1-7H3. The Morgan fingerprint density at radius 1 is 0.850 bits per heavy atom. The molecule has 0 N–H and O–H groups in total. The molecule has 0 aliphatic rings. The molecule has 0 radical (unpaired) electrons. The largest absolute Gasteiger partial charge is 0.251 e. The Morgan fingerprint density at radius 2 is 1.45 bits per heavy atom. The summed E-state index contributed by atoms with van der Waals surface area (Å²) >= 11 is 0. The second-order valence-electron chi connectivity index (χ2n) is 7.08. The normalized spacial score (nSPS) is 14.8. The van der Waals surface area contributed by atoms with Gasteiger partial charge in [-0.3, -0.25) is 4.98 Å². The van der Waals surface area contributed by atoms with Crippen molar-refractivity contribution in [1.29, 1.82) is 0 Å². The van der Waals surface area contributed by atoms with Crippen molar-refractivity contribution >= 4 is 31.0 Å². The van der Waals surface area contributed by atoms with Gasteiger partial charge in [0.2, 0.25) is 0 Å². The second kappa shape index (κ2) is 5.27. The van der Waals surface area contributed by atoms with Crippen molar-refractivity contribution in [3.63, 3.8) is 0 Å². The fraction of sp³-hybridized carbons (Fsp3) is 0.471. The molecule has 0 atom stereocenters. The summed E-state index contributed by atoms with van der Waals surface area (Å²) in [6.07, 6.45) is 14.5. The molecule has 0 unspecified atom stereocenters. The molecule has 1 heterocycles. The number of aryl methyl sites for hydroxylation is 1. The molecule has 3 heteroatoms. The van der Waals surface area contributed by atoms with E-state index in [1.807, 2.05) is 0 Å². The second-order valence-corrected chi connectivity index (χ2v) is 16.0. The molecule has 0 fully saturated rings. The molecule has 1 nitrogen and oxygen atoms in total. The topological polar surface area (TPSA) is 12.9 Å². The zero-order chi connectivity index (χ0) is 15.1. The van der Waals surface area contributed by atoms with E-state index in [-0.39, 0.29) is 0 Å². The van der Waals surface area contributed by atoms with Crippen molar-refractivity contribution in [2.75, 3.05) is 37.5 Å². The average Bonchev–Trinajstić information content (AvgIpc) is 2.26. The first-order chi connectivity index (χ1) is 9.10. The maximum absolute atomic E-state index is 5.05.